The third-order valence-electron chi connectivity index (χ3n) is 2.74. The number of nitrogens with one attached hydrogen (secondary N) is 1. The van der Waals surface area contributed by atoms with E-state index < -0.39 is 42.4 Å². The molecule has 0 aromatic heterocycles. The Labute approximate surface area is 109 Å². The quantitative estimate of drug-likeness (QED) is 0.878. The van der Waals surface area contributed by atoms with Crippen molar-refractivity contribution >= 4 is 19.9 Å². The Hall–Kier alpha value is -1.06. The van der Waals surface area contributed by atoms with Gasteiger partial charge in [0.15, 0.2) is 9.84 Å². The van der Waals surface area contributed by atoms with E-state index in [-0.39, 0.29) is 17.9 Å². The van der Waals surface area contributed by atoms with E-state index in [1.807, 2.05) is 0 Å². The van der Waals surface area contributed by atoms with E-state index in [1.54, 1.807) is 0 Å². The molecule has 1 aliphatic rings. The SMILES string of the molecule is O=S1(=O)CCC(NS(=O)(=O)c2cc(F)ccc2F)C1. The number of halogens is 2. The molecule has 1 aliphatic heterocycles. The molecule has 1 fully saturated rings. The molecule has 19 heavy (non-hydrogen) atoms. The van der Waals surface area contributed by atoms with Gasteiger partial charge in [0.2, 0.25) is 10.0 Å². The van der Waals surface area contributed by atoms with Crippen molar-refractivity contribution in [3.05, 3.63) is 29.8 Å². The molecule has 0 aliphatic carbocycles. The third-order valence-corrected chi connectivity index (χ3v) is 6.04. The molecule has 5 nitrogen and oxygen atoms in total. The second-order valence-electron chi connectivity index (χ2n) is 4.30. The molecular formula is C10H11F2NO4S2. The molecule has 1 atom stereocenters. The van der Waals surface area contributed by atoms with E-state index >= 15 is 0 Å². The molecule has 1 aromatic carbocycles. The molecule has 1 heterocycles. The monoisotopic (exact) mass is 311 g/mol. The van der Waals surface area contributed by atoms with Crippen LogP contribution in [0.2, 0.25) is 0 Å². The van der Waals surface area contributed by atoms with E-state index in [1.165, 1.54) is 0 Å². The average molecular weight is 311 g/mol. The van der Waals surface area contributed by atoms with Gasteiger partial charge in [0.1, 0.15) is 16.5 Å². The van der Waals surface area contributed by atoms with Crippen molar-refractivity contribution in [3.63, 3.8) is 0 Å². The first-order valence-corrected chi connectivity index (χ1v) is 8.68. The summed E-state index contributed by atoms with van der Waals surface area (Å²) in [7, 11) is -7.54. The molecular weight excluding hydrogens is 300 g/mol. The Balaban J connectivity index is 2.26. The first-order chi connectivity index (χ1) is 8.70. The number of sulfonamides is 1. The van der Waals surface area contributed by atoms with Crippen molar-refractivity contribution in [2.45, 2.75) is 17.4 Å². The highest BCUT2D eigenvalue weighted by molar-refractivity contribution is 7.92. The molecule has 0 bridgehead atoms. The molecule has 0 amide bonds. The largest absolute Gasteiger partial charge is 0.243 e. The van der Waals surface area contributed by atoms with Crippen LogP contribution in [-0.2, 0) is 19.9 Å². The number of hydrogen-bond donors (Lipinski definition) is 1. The van der Waals surface area contributed by atoms with Gasteiger partial charge in [0.05, 0.1) is 11.5 Å². The maximum Gasteiger partial charge on any atom is 0.243 e. The fourth-order valence-corrected chi connectivity index (χ4v) is 4.99. The minimum Gasteiger partial charge on any atom is -0.229 e. The first kappa shape index (κ1) is 14.4. The molecule has 2 rings (SSSR count). The normalized spacial score (nSPS) is 22.5. The summed E-state index contributed by atoms with van der Waals surface area (Å²) < 4.78 is 74.6. The molecule has 0 radical (unpaired) electrons. The van der Waals surface area contributed by atoms with Crippen LogP contribution >= 0.6 is 0 Å². The molecule has 0 saturated carbocycles. The zero-order chi connectivity index (χ0) is 14.3. The summed E-state index contributed by atoms with van der Waals surface area (Å²) in [6.07, 6.45) is 0.124. The summed E-state index contributed by atoms with van der Waals surface area (Å²) in [6, 6.07) is 1.25. The van der Waals surface area contributed by atoms with Crippen molar-refractivity contribution in [2.75, 3.05) is 11.5 Å². The van der Waals surface area contributed by atoms with E-state index in [9.17, 15) is 25.6 Å². The Bertz CT molecular complexity index is 700. The van der Waals surface area contributed by atoms with Crippen molar-refractivity contribution < 1.29 is 25.6 Å². The first-order valence-electron chi connectivity index (χ1n) is 5.37. The van der Waals surface area contributed by atoms with E-state index in [4.69, 9.17) is 0 Å². The second kappa shape index (κ2) is 4.80. The van der Waals surface area contributed by atoms with Crippen LogP contribution in [0.25, 0.3) is 0 Å². The van der Waals surface area contributed by atoms with Crippen LogP contribution < -0.4 is 4.72 Å². The summed E-state index contributed by atoms with van der Waals surface area (Å²) in [5.74, 6) is -2.43. The standard InChI is InChI=1S/C10H11F2NO4S2/c11-7-1-2-9(12)10(5-7)19(16,17)13-8-3-4-18(14,15)6-8/h1-2,5,8,13H,3-4,6H2. The van der Waals surface area contributed by atoms with Gasteiger partial charge >= 0.3 is 0 Å². The number of rotatable bonds is 3. The Morgan fingerprint density at radius 2 is 1.95 bits per heavy atom. The van der Waals surface area contributed by atoms with Crippen LogP contribution in [-0.4, -0.2) is 34.4 Å². The van der Waals surface area contributed by atoms with Gasteiger partial charge < -0.3 is 0 Å². The highest BCUT2D eigenvalue weighted by Gasteiger charge is 2.32. The lowest BCUT2D eigenvalue weighted by Crippen LogP contribution is -2.36. The van der Waals surface area contributed by atoms with Crippen molar-refractivity contribution in [2.24, 2.45) is 0 Å². The third kappa shape index (κ3) is 3.28. The minimum atomic E-state index is -4.28. The van der Waals surface area contributed by atoms with Gasteiger partial charge in [-0.2, -0.15) is 0 Å². The Kier molecular flexibility index (Phi) is 3.63. The topological polar surface area (TPSA) is 80.3 Å². The van der Waals surface area contributed by atoms with E-state index in [0.717, 1.165) is 6.07 Å². The predicted molar refractivity (Wildman–Crippen MR) is 63.7 cm³/mol. The van der Waals surface area contributed by atoms with Gasteiger partial charge in [-0.1, -0.05) is 0 Å². The molecule has 1 unspecified atom stereocenters. The van der Waals surface area contributed by atoms with Gasteiger partial charge in [-0.25, -0.2) is 30.3 Å². The fraction of sp³-hybridized carbons (Fsp3) is 0.400. The molecule has 1 aromatic rings. The van der Waals surface area contributed by atoms with Crippen LogP contribution in [0.4, 0.5) is 8.78 Å². The van der Waals surface area contributed by atoms with Crippen LogP contribution in [0.15, 0.2) is 23.1 Å². The maximum absolute atomic E-state index is 13.4. The fourth-order valence-electron chi connectivity index (χ4n) is 1.85. The van der Waals surface area contributed by atoms with Gasteiger partial charge in [-0.15, -0.1) is 0 Å². The van der Waals surface area contributed by atoms with Crippen molar-refractivity contribution in [1.82, 2.24) is 4.72 Å². The molecule has 0 spiro atoms. The van der Waals surface area contributed by atoms with Crippen molar-refractivity contribution in [1.29, 1.82) is 0 Å². The van der Waals surface area contributed by atoms with Gasteiger partial charge in [0, 0.05) is 6.04 Å². The smallest absolute Gasteiger partial charge is 0.229 e. The number of benzene rings is 1. The molecule has 9 heteroatoms. The van der Waals surface area contributed by atoms with Gasteiger partial charge in [-0.3, -0.25) is 0 Å². The molecule has 106 valence electrons. The van der Waals surface area contributed by atoms with Crippen LogP contribution in [0.3, 0.4) is 0 Å². The van der Waals surface area contributed by atoms with Crippen molar-refractivity contribution in [3.8, 4) is 0 Å². The van der Waals surface area contributed by atoms with E-state index in [2.05, 4.69) is 4.72 Å². The van der Waals surface area contributed by atoms with E-state index in [0.29, 0.717) is 12.1 Å². The van der Waals surface area contributed by atoms with Crippen LogP contribution in [0.5, 0.6) is 0 Å². The minimum absolute atomic E-state index is 0.119. The molecule has 1 N–H and O–H groups in total. The lowest BCUT2D eigenvalue weighted by atomic mass is 10.3. The summed E-state index contributed by atoms with van der Waals surface area (Å²) >= 11 is 0. The van der Waals surface area contributed by atoms with Crippen LogP contribution in [0, 0.1) is 11.6 Å². The summed E-state index contributed by atoms with van der Waals surface area (Å²) in [4.78, 5) is -0.822. The highest BCUT2D eigenvalue weighted by atomic mass is 32.2. The van der Waals surface area contributed by atoms with Gasteiger partial charge in [-0.05, 0) is 24.6 Å². The second-order valence-corrected chi connectivity index (χ2v) is 8.21. The summed E-state index contributed by atoms with van der Waals surface area (Å²) in [6.45, 7) is 0. The lowest BCUT2D eigenvalue weighted by Gasteiger charge is -2.12. The zero-order valence-electron chi connectivity index (χ0n) is 9.64. The summed E-state index contributed by atoms with van der Waals surface area (Å²) in [5, 5.41) is 0. The van der Waals surface area contributed by atoms with Gasteiger partial charge in [0.25, 0.3) is 0 Å². The molecule has 1 saturated heterocycles. The Morgan fingerprint density at radius 3 is 2.53 bits per heavy atom. The maximum atomic E-state index is 13.4. The highest BCUT2D eigenvalue weighted by Crippen LogP contribution is 2.19. The van der Waals surface area contributed by atoms with Crippen LogP contribution in [0.1, 0.15) is 6.42 Å². The number of sulfone groups is 1. The predicted octanol–water partition coefficient (Wildman–Crippen LogP) is 0.430. The Morgan fingerprint density at radius 1 is 1.26 bits per heavy atom. The lowest BCUT2D eigenvalue weighted by molar-refractivity contribution is 0.536. The average Bonchev–Trinajstić information content (AvgIpc) is 2.60. The summed E-state index contributed by atoms with van der Waals surface area (Å²) in [5.41, 5.74) is 0. The zero-order valence-corrected chi connectivity index (χ0v) is 11.3. The number of hydrogen-bond acceptors (Lipinski definition) is 4.